The number of benzene rings is 2. The normalized spacial score (nSPS) is 20.5. The van der Waals surface area contributed by atoms with Gasteiger partial charge in [0.1, 0.15) is 18.1 Å². The minimum atomic E-state index is -3.51. The average molecular weight is 979 g/mol. The molecule has 0 aliphatic carbocycles. The first-order valence-electron chi connectivity index (χ1n) is 24.6. The van der Waals surface area contributed by atoms with Crippen molar-refractivity contribution in [2.75, 3.05) is 54.5 Å². The molecule has 1 unspecified atom stereocenters. The number of likely N-dealkylation sites (tertiary alicyclic amines) is 1. The van der Waals surface area contributed by atoms with Gasteiger partial charge in [0.15, 0.2) is 0 Å². The number of amides is 4. The quantitative estimate of drug-likeness (QED) is 0.106. The molecule has 2 aromatic carbocycles. The first-order chi connectivity index (χ1) is 33.6. The van der Waals surface area contributed by atoms with Gasteiger partial charge in [0.25, 0.3) is 11.8 Å². The molecule has 0 radical (unpaired) electrons. The number of pyridine rings is 1. The Kier molecular flexibility index (Phi) is 16.0. The van der Waals surface area contributed by atoms with Crippen LogP contribution in [0.15, 0.2) is 60.8 Å². The van der Waals surface area contributed by atoms with E-state index in [-0.39, 0.29) is 45.2 Å². The minimum absolute atomic E-state index is 0.0468. The van der Waals surface area contributed by atoms with Crippen molar-refractivity contribution in [2.24, 2.45) is 17.3 Å². The average Bonchev–Trinajstić information content (AvgIpc) is 3.96. The zero-order valence-corrected chi connectivity index (χ0v) is 42.6. The maximum Gasteiger partial charge on any atom is 0.369 e. The summed E-state index contributed by atoms with van der Waals surface area (Å²) in [6.45, 7) is 13.0. The molecule has 2 saturated heterocycles. The SMILES string of the molecule is CCn1c(-c2cccnc2[C@H](C)OC)c2c3cc(ccc31)-c1cccc(c1)C[C@H](NC(=O)[C@H](C(C)C)N(C)C(=O)C1CCN(C(=O)C#CC(F)(F)N(C)C)C1)C(=O)N1CCC[C@H](N1)C(=O)OCC(C)(C)C2. The van der Waals surface area contributed by atoms with Gasteiger partial charge in [-0.1, -0.05) is 58.0 Å². The number of alkyl halides is 2. The third-order valence-corrected chi connectivity index (χ3v) is 14.0. The second-order valence-electron chi connectivity index (χ2n) is 20.4. The number of rotatable bonds is 10. The Hall–Kier alpha value is -6.22. The first-order valence-corrected chi connectivity index (χ1v) is 24.6. The van der Waals surface area contributed by atoms with E-state index in [0.717, 1.165) is 64.2 Å². The minimum Gasteiger partial charge on any atom is -0.464 e. The fourth-order valence-corrected chi connectivity index (χ4v) is 10.1. The number of esters is 1. The van der Waals surface area contributed by atoms with E-state index >= 15 is 0 Å². The molecule has 4 aromatic rings. The summed E-state index contributed by atoms with van der Waals surface area (Å²) in [6, 6.07) is 11.8. The van der Waals surface area contributed by atoms with Crippen LogP contribution < -0.4 is 10.7 Å². The van der Waals surface area contributed by atoms with Crippen molar-refractivity contribution in [3.63, 3.8) is 0 Å². The van der Waals surface area contributed by atoms with Crippen LogP contribution in [-0.2, 0) is 52.8 Å². The van der Waals surface area contributed by atoms with Gasteiger partial charge in [-0.3, -0.25) is 34.0 Å². The number of likely N-dealkylation sites (N-methyl/N-ethyl adjacent to an activating group) is 1. The van der Waals surface area contributed by atoms with E-state index < -0.39 is 71.0 Å². The molecule has 380 valence electrons. The third-order valence-electron chi connectivity index (χ3n) is 14.0. The van der Waals surface area contributed by atoms with E-state index in [9.17, 15) is 32.8 Å². The largest absolute Gasteiger partial charge is 0.464 e. The van der Waals surface area contributed by atoms with E-state index in [1.807, 2.05) is 43.2 Å². The van der Waals surface area contributed by atoms with Gasteiger partial charge >= 0.3 is 12.0 Å². The van der Waals surface area contributed by atoms with Gasteiger partial charge in [-0.05, 0) is 112 Å². The number of hydrazine groups is 1. The van der Waals surface area contributed by atoms with Crippen molar-refractivity contribution in [1.29, 1.82) is 0 Å². The molecule has 4 amide bonds. The molecule has 2 aromatic heterocycles. The van der Waals surface area contributed by atoms with Crippen molar-refractivity contribution in [2.45, 2.75) is 110 Å². The maximum absolute atomic E-state index is 14.8. The predicted molar refractivity (Wildman–Crippen MR) is 266 cm³/mol. The van der Waals surface area contributed by atoms with Gasteiger partial charge in [0.2, 0.25) is 11.8 Å². The molecule has 5 heterocycles. The lowest BCUT2D eigenvalue weighted by Crippen LogP contribution is -2.62. The second-order valence-corrected chi connectivity index (χ2v) is 20.4. The molecule has 15 nitrogen and oxygen atoms in total. The van der Waals surface area contributed by atoms with E-state index in [0.29, 0.717) is 30.7 Å². The number of carbonyl (C=O) groups is 5. The molecule has 2 N–H and O–H groups in total. The highest BCUT2D eigenvalue weighted by Gasteiger charge is 2.41. The molecule has 6 bridgehead atoms. The smallest absolute Gasteiger partial charge is 0.369 e. The lowest BCUT2D eigenvalue weighted by molar-refractivity contribution is -0.155. The van der Waals surface area contributed by atoms with Gasteiger partial charge in [0.05, 0.1) is 30.0 Å². The summed E-state index contributed by atoms with van der Waals surface area (Å²) in [4.78, 5) is 78.2. The highest BCUT2D eigenvalue weighted by molar-refractivity contribution is 5.97. The predicted octanol–water partition coefficient (Wildman–Crippen LogP) is 6.24. The zero-order valence-electron chi connectivity index (χ0n) is 42.6. The van der Waals surface area contributed by atoms with E-state index in [2.05, 4.69) is 60.3 Å². The number of hydrogen-bond acceptors (Lipinski definition) is 10. The summed E-state index contributed by atoms with van der Waals surface area (Å²) in [6.07, 6.45) is 3.34. The molecule has 0 saturated carbocycles. The lowest BCUT2D eigenvalue weighted by atomic mass is 9.84. The van der Waals surface area contributed by atoms with Gasteiger partial charge in [-0.25, -0.2) is 10.3 Å². The highest BCUT2D eigenvalue weighted by atomic mass is 19.3. The molecule has 3 aliphatic heterocycles. The van der Waals surface area contributed by atoms with Crippen molar-refractivity contribution in [1.82, 2.24) is 40.0 Å². The topological polar surface area (TPSA) is 159 Å². The van der Waals surface area contributed by atoms with Gasteiger partial charge < -0.3 is 29.2 Å². The Morgan fingerprint density at radius 1 is 1.03 bits per heavy atom. The Bertz CT molecular complexity index is 2730. The molecule has 2 fully saturated rings. The molecule has 0 spiro atoms. The number of fused-ring (bicyclic) bond motifs is 6. The summed E-state index contributed by atoms with van der Waals surface area (Å²) in [7, 11) is 5.49. The van der Waals surface area contributed by atoms with E-state index in [1.165, 1.54) is 21.9 Å². The van der Waals surface area contributed by atoms with Crippen LogP contribution in [0.2, 0.25) is 0 Å². The highest BCUT2D eigenvalue weighted by Crippen LogP contribution is 2.42. The van der Waals surface area contributed by atoms with Crippen LogP contribution >= 0.6 is 0 Å². The standard InChI is InChI=1S/C54H68F2N8O7/c1-11-63-44-20-19-37-29-40(44)41(48(63)39-17-13-24-57-46(39)34(4)70-10)30-53(5,6)32-71-52(69)42-18-14-25-64(59-42)51(68)43(28-35-15-12-16-36(37)27-35)58-49(66)47(33(2)3)61(9)50(67)38-22-26-62(31-38)45(65)21-23-54(55,56)60(7)8/h12-13,15-17,19-20,24,27,29,33-34,38,42-43,47,59H,11,14,18,22,25-26,28,30-32H2,1-10H3,(H,58,66)/t34-,38?,42-,43-,47-/m0/s1. The summed E-state index contributed by atoms with van der Waals surface area (Å²) < 4.78 is 42.4. The van der Waals surface area contributed by atoms with Gasteiger partial charge in [0, 0.05) is 80.8 Å². The summed E-state index contributed by atoms with van der Waals surface area (Å²) >= 11 is 0. The fourth-order valence-electron chi connectivity index (χ4n) is 10.1. The van der Waals surface area contributed by atoms with Crippen LogP contribution in [0.1, 0.15) is 83.7 Å². The molecule has 3 aliphatic rings. The maximum atomic E-state index is 14.8. The summed E-state index contributed by atoms with van der Waals surface area (Å²) in [5.74, 6) is -0.110. The Morgan fingerprint density at radius 2 is 1.77 bits per heavy atom. The van der Waals surface area contributed by atoms with Crippen LogP contribution in [0.25, 0.3) is 33.3 Å². The Balaban J connectivity index is 1.23. The van der Waals surface area contributed by atoms with E-state index in [1.54, 1.807) is 33.1 Å². The number of aryl methyl sites for hydroxylation is 1. The Labute approximate surface area is 415 Å². The fraction of sp³-hybridized carbons (Fsp3) is 0.519. The molecular formula is C54H68F2N8O7. The number of methoxy groups -OCH3 is 1. The summed E-state index contributed by atoms with van der Waals surface area (Å²) in [5.41, 5.74) is 10.2. The number of halogens is 2. The first kappa shape index (κ1) is 52.6. The number of nitrogens with one attached hydrogen (secondary N) is 2. The number of carbonyl (C=O) groups excluding carboxylic acids is 5. The number of aromatic nitrogens is 2. The molecule has 71 heavy (non-hydrogen) atoms. The number of nitrogens with zero attached hydrogens (tertiary/aromatic N) is 6. The van der Waals surface area contributed by atoms with Crippen LogP contribution in [0.4, 0.5) is 8.78 Å². The number of hydrogen-bond donors (Lipinski definition) is 2. The van der Waals surface area contributed by atoms with Crippen LogP contribution in [0, 0.1) is 29.1 Å². The lowest BCUT2D eigenvalue weighted by Gasteiger charge is -2.37. The van der Waals surface area contributed by atoms with Crippen LogP contribution in [0.5, 0.6) is 0 Å². The van der Waals surface area contributed by atoms with Gasteiger partial charge in [-0.15, -0.1) is 0 Å². The molecular weight excluding hydrogens is 911 g/mol. The third kappa shape index (κ3) is 11.5. The Morgan fingerprint density at radius 3 is 2.48 bits per heavy atom. The van der Waals surface area contributed by atoms with Gasteiger partial charge in [-0.2, -0.15) is 8.78 Å². The molecule has 17 heteroatoms. The monoisotopic (exact) mass is 979 g/mol. The number of ether oxygens (including phenoxy) is 2. The zero-order chi connectivity index (χ0) is 51.5. The van der Waals surface area contributed by atoms with Crippen LogP contribution in [0.3, 0.4) is 0 Å². The number of cyclic esters (lactones) is 1. The van der Waals surface area contributed by atoms with Crippen molar-refractivity contribution in [3.8, 4) is 34.2 Å². The summed E-state index contributed by atoms with van der Waals surface area (Å²) in [5, 5.41) is 5.45. The van der Waals surface area contributed by atoms with Crippen LogP contribution in [-0.4, -0.2) is 138 Å². The van der Waals surface area contributed by atoms with E-state index in [4.69, 9.17) is 14.5 Å². The van der Waals surface area contributed by atoms with Crippen molar-refractivity contribution < 1.29 is 42.2 Å². The molecule has 5 atom stereocenters. The molecule has 7 rings (SSSR count). The van der Waals surface area contributed by atoms with Crippen molar-refractivity contribution >= 4 is 40.5 Å². The van der Waals surface area contributed by atoms with Crippen molar-refractivity contribution in [3.05, 3.63) is 77.6 Å². The second kappa shape index (κ2) is 21.6.